The van der Waals surface area contributed by atoms with E-state index in [2.05, 4.69) is 24.3 Å². The van der Waals surface area contributed by atoms with E-state index in [-0.39, 0.29) is 11.2 Å². The van der Waals surface area contributed by atoms with E-state index >= 15 is 0 Å². The van der Waals surface area contributed by atoms with Crippen LogP contribution in [0.1, 0.15) is 40.7 Å². The molecular formula is C29H34O4S. The Kier molecular flexibility index (Phi) is 12.5. The number of hydrogen-bond acceptors (Lipinski definition) is 5. The summed E-state index contributed by atoms with van der Waals surface area (Å²) in [7, 11) is 0. The van der Waals surface area contributed by atoms with Crippen LogP contribution < -0.4 is 0 Å². The molecule has 0 aliphatic carbocycles. The van der Waals surface area contributed by atoms with Gasteiger partial charge in [0.1, 0.15) is 6.10 Å². The number of thioether (sulfide) groups is 1. The number of ether oxygens (including phenoxy) is 3. The summed E-state index contributed by atoms with van der Waals surface area (Å²) in [6.07, 6.45) is 2.86. The molecule has 0 amide bonds. The van der Waals surface area contributed by atoms with Crippen LogP contribution in [0.5, 0.6) is 0 Å². The van der Waals surface area contributed by atoms with Gasteiger partial charge in [-0.25, -0.2) is 0 Å². The maximum Gasteiger partial charge on any atom is 0.219 e. The summed E-state index contributed by atoms with van der Waals surface area (Å²) >= 11 is 1.39. The van der Waals surface area contributed by atoms with E-state index in [4.69, 9.17) is 14.2 Å². The third-order valence-electron chi connectivity index (χ3n) is 5.22. The Morgan fingerprint density at radius 3 is 1.76 bits per heavy atom. The van der Waals surface area contributed by atoms with Crippen molar-refractivity contribution in [1.82, 2.24) is 0 Å². The third kappa shape index (κ3) is 10.7. The fraction of sp³-hybridized carbons (Fsp3) is 0.345. The lowest BCUT2D eigenvalue weighted by Crippen LogP contribution is -2.26. The number of carbonyl (C=O) groups excluding carboxylic acids is 1. The van der Waals surface area contributed by atoms with E-state index < -0.39 is 0 Å². The number of hydrogen-bond donors (Lipinski definition) is 0. The van der Waals surface area contributed by atoms with Crippen molar-refractivity contribution in [2.75, 3.05) is 25.6 Å². The smallest absolute Gasteiger partial charge is 0.219 e. The van der Waals surface area contributed by atoms with Crippen LogP contribution in [0, 0.1) is 0 Å². The third-order valence-corrected chi connectivity index (χ3v) is 6.21. The number of unbranched alkanes of at least 4 members (excludes halogenated alkanes) is 2. The molecule has 5 heteroatoms. The molecule has 0 heterocycles. The Morgan fingerprint density at radius 2 is 1.21 bits per heavy atom. The maximum atomic E-state index is 12.1. The molecular weight excluding hydrogens is 444 g/mol. The quantitative estimate of drug-likeness (QED) is 0.219. The first-order valence-corrected chi connectivity index (χ1v) is 12.9. The summed E-state index contributed by atoms with van der Waals surface area (Å²) in [6.45, 7) is 2.76. The van der Waals surface area contributed by atoms with Crippen molar-refractivity contribution in [3.8, 4) is 0 Å². The minimum atomic E-state index is -0.110. The van der Waals surface area contributed by atoms with E-state index in [0.717, 1.165) is 41.7 Å². The molecule has 0 bridgehead atoms. The Labute approximate surface area is 207 Å². The highest BCUT2D eigenvalue weighted by Crippen LogP contribution is 2.14. The van der Waals surface area contributed by atoms with Crippen LogP contribution in [0.2, 0.25) is 0 Å². The van der Waals surface area contributed by atoms with Crippen LogP contribution >= 0.6 is 11.8 Å². The van der Waals surface area contributed by atoms with E-state index in [1.807, 2.05) is 66.7 Å². The molecule has 0 saturated heterocycles. The molecule has 3 aromatic carbocycles. The van der Waals surface area contributed by atoms with Gasteiger partial charge in [-0.05, 0) is 24.0 Å². The molecule has 0 radical (unpaired) electrons. The van der Waals surface area contributed by atoms with Crippen molar-refractivity contribution in [2.24, 2.45) is 0 Å². The molecule has 0 spiro atoms. The molecule has 0 aliphatic rings. The average molecular weight is 479 g/mol. The SMILES string of the molecule is O=C(SCCCCCOC(COCc1ccccc1)COCc1ccccc1)c1ccccc1. The van der Waals surface area contributed by atoms with Gasteiger partial charge in [0.15, 0.2) is 0 Å². The van der Waals surface area contributed by atoms with Gasteiger partial charge < -0.3 is 14.2 Å². The molecule has 0 fully saturated rings. The molecule has 0 unspecified atom stereocenters. The molecule has 0 aliphatic heterocycles. The largest absolute Gasteiger partial charge is 0.374 e. The van der Waals surface area contributed by atoms with E-state index in [1.165, 1.54) is 11.8 Å². The molecule has 3 aromatic rings. The summed E-state index contributed by atoms with van der Waals surface area (Å²) in [6, 6.07) is 29.7. The standard InChI is InChI=1S/C29H34O4S/c30-29(27-17-9-3-10-18-27)34-20-12-4-11-19-33-28(23-31-21-25-13-5-1-6-14-25)24-32-22-26-15-7-2-8-16-26/h1-3,5-10,13-18,28H,4,11-12,19-24H2. The lowest BCUT2D eigenvalue weighted by molar-refractivity contribution is -0.0672. The molecule has 3 rings (SSSR count). The molecule has 180 valence electrons. The van der Waals surface area contributed by atoms with Crippen molar-refractivity contribution >= 4 is 16.9 Å². The number of benzene rings is 3. The Bertz CT molecular complexity index is 873. The van der Waals surface area contributed by atoms with Gasteiger partial charge >= 0.3 is 0 Å². The van der Waals surface area contributed by atoms with Gasteiger partial charge in [0.25, 0.3) is 0 Å². The van der Waals surface area contributed by atoms with E-state index in [1.54, 1.807) is 0 Å². The molecule has 4 nitrogen and oxygen atoms in total. The first-order valence-electron chi connectivity index (χ1n) is 11.9. The number of carbonyl (C=O) groups is 1. The van der Waals surface area contributed by atoms with Gasteiger partial charge in [0, 0.05) is 17.9 Å². The van der Waals surface area contributed by atoms with Crippen LogP contribution in [0.25, 0.3) is 0 Å². The topological polar surface area (TPSA) is 44.8 Å². The first-order chi connectivity index (χ1) is 16.8. The van der Waals surface area contributed by atoms with Crippen molar-refractivity contribution in [3.63, 3.8) is 0 Å². The summed E-state index contributed by atoms with van der Waals surface area (Å²) in [5.41, 5.74) is 3.06. The predicted octanol–water partition coefficient (Wildman–Crippen LogP) is 6.55. The van der Waals surface area contributed by atoms with Crippen LogP contribution in [-0.2, 0) is 27.4 Å². The maximum absolute atomic E-state index is 12.1. The zero-order chi connectivity index (χ0) is 23.7. The van der Waals surface area contributed by atoms with Crippen molar-refractivity contribution < 1.29 is 19.0 Å². The molecule has 0 aromatic heterocycles. The highest BCUT2D eigenvalue weighted by Gasteiger charge is 2.11. The van der Waals surface area contributed by atoms with E-state index in [9.17, 15) is 4.79 Å². The minimum Gasteiger partial charge on any atom is -0.374 e. The molecule has 34 heavy (non-hydrogen) atoms. The highest BCUT2D eigenvalue weighted by molar-refractivity contribution is 8.14. The monoisotopic (exact) mass is 478 g/mol. The summed E-state index contributed by atoms with van der Waals surface area (Å²) < 4.78 is 17.9. The fourth-order valence-corrected chi connectivity index (χ4v) is 4.20. The van der Waals surface area contributed by atoms with Gasteiger partial charge in [0.2, 0.25) is 5.12 Å². The van der Waals surface area contributed by atoms with Crippen LogP contribution in [0.3, 0.4) is 0 Å². The number of rotatable bonds is 16. The highest BCUT2D eigenvalue weighted by atomic mass is 32.2. The van der Waals surface area contributed by atoms with Crippen LogP contribution in [0.4, 0.5) is 0 Å². The molecule has 0 N–H and O–H groups in total. The Balaban J connectivity index is 1.32. The lowest BCUT2D eigenvalue weighted by atomic mass is 10.2. The Hall–Kier alpha value is -2.44. The lowest BCUT2D eigenvalue weighted by Gasteiger charge is -2.18. The van der Waals surface area contributed by atoms with Crippen molar-refractivity contribution in [1.29, 1.82) is 0 Å². The fourth-order valence-electron chi connectivity index (χ4n) is 3.36. The second-order valence-corrected chi connectivity index (χ2v) is 9.12. The average Bonchev–Trinajstić information content (AvgIpc) is 2.89. The molecule has 0 saturated carbocycles. The Morgan fingerprint density at radius 1 is 0.676 bits per heavy atom. The zero-order valence-corrected chi connectivity index (χ0v) is 20.5. The van der Waals surface area contributed by atoms with Gasteiger partial charge in [-0.1, -0.05) is 109 Å². The second kappa shape index (κ2) is 16.2. The van der Waals surface area contributed by atoms with Gasteiger partial charge in [-0.3, -0.25) is 4.79 Å². The normalized spacial score (nSPS) is 11.1. The summed E-state index contributed by atoms with van der Waals surface area (Å²) in [5, 5.41) is 0.142. The summed E-state index contributed by atoms with van der Waals surface area (Å²) in [5.74, 6) is 0.831. The predicted molar refractivity (Wildman–Crippen MR) is 139 cm³/mol. The van der Waals surface area contributed by atoms with Gasteiger partial charge in [0.05, 0.1) is 26.4 Å². The second-order valence-electron chi connectivity index (χ2n) is 8.06. The van der Waals surface area contributed by atoms with Gasteiger partial charge in [-0.15, -0.1) is 0 Å². The minimum absolute atomic E-state index is 0.110. The first kappa shape index (κ1) is 26.2. The van der Waals surface area contributed by atoms with Crippen LogP contribution in [-0.4, -0.2) is 36.8 Å². The van der Waals surface area contributed by atoms with Crippen LogP contribution in [0.15, 0.2) is 91.0 Å². The van der Waals surface area contributed by atoms with Gasteiger partial charge in [-0.2, -0.15) is 0 Å². The van der Waals surface area contributed by atoms with Crippen molar-refractivity contribution in [3.05, 3.63) is 108 Å². The summed E-state index contributed by atoms with van der Waals surface area (Å²) in [4.78, 5) is 12.1. The molecule has 0 atom stereocenters. The van der Waals surface area contributed by atoms with Crippen molar-refractivity contribution in [2.45, 2.75) is 38.6 Å². The zero-order valence-electron chi connectivity index (χ0n) is 19.6. The van der Waals surface area contributed by atoms with E-state index in [0.29, 0.717) is 33.0 Å².